The van der Waals surface area contributed by atoms with Crippen LogP contribution in [0.25, 0.3) is 6.08 Å². The van der Waals surface area contributed by atoms with E-state index in [4.69, 9.17) is 0 Å². The highest BCUT2D eigenvalue weighted by Crippen LogP contribution is 2.14. The number of nitrogens with zero attached hydrogens (tertiary/aromatic N) is 2. The summed E-state index contributed by atoms with van der Waals surface area (Å²) in [7, 11) is 0. The Morgan fingerprint density at radius 2 is 2.15 bits per heavy atom. The summed E-state index contributed by atoms with van der Waals surface area (Å²) in [5.74, 6) is 0.322. The van der Waals surface area contributed by atoms with Crippen molar-refractivity contribution in [3.05, 3.63) is 29.6 Å². The first-order valence-corrected chi connectivity index (χ1v) is 4.30. The first-order chi connectivity index (χ1) is 6.15. The van der Waals surface area contributed by atoms with Crippen LogP contribution in [0.1, 0.15) is 38.2 Å². The maximum absolute atomic E-state index is 13.1. The number of hydrogen-bond donors (Lipinski definition) is 0. The summed E-state index contributed by atoms with van der Waals surface area (Å²) in [6.07, 6.45) is 4.81. The molecule has 0 N–H and O–H groups in total. The van der Waals surface area contributed by atoms with Gasteiger partial charge in [0.25, 0.3) is 0 Å². The topological polar surface area (TPSA) is 25.8 Å². The van der Waals surface area contributed by atoms with Crippen LogP contribution in [0.2, 0.25) is 0 Å². The number of halogens is 1. The average Bonchev–Trinajstić information content (AvgIpc) is 2.08. The van der Waals surface area contributed by atoms with Gasteiger partial charge < -0.3 is 0 Å². The molecule has 70 valence electrons. The van der Waals surface area contributed by atoms with Gasteiger partial charge in [-0.3, -0.25) is 0 Å². The van der Waals surface area contributed by atoms with Gasteiger partial charge >= 0.3 is 0 Å². The van der Waals surface area contributed by atoms with Crippen LogP contribution in [0.5, 0.6) is 0 Å². The molecule has 0 saturated carbocycles. The normalized spacial score (nSPS) is 11.5. The largest absolute Gasteiger partial charge is 0.234 e. The second-order valence-corrected chi connectivity index (χ2v) is 3.12. The molecule has 1 heterocycles. The zero-order chi connectivity index (χ0) is 9.84. The van der Waals surface area contributed by atoms with Crippen LogP contribution in [-0.2, 0) is 0 Å². The van der Waals surface area contributed by atoms with E-state index in [1.807, 2.05) is 26.8 Å². The van der Waals surface area contributed by atoms with Crippen molar-refractivity contribution in [2.24, 2.45) is 0 Å². The number of allylic oxidation sites excluding steroid dienone is 1. The first-order valence-electron chi connectivity index (χ1n) is 4.30. The summed E-state index contributed by atoms with van der Waals surface area (Å²) < 4.78 is 13.1. The Balaban J connectivity index is 3.11. The summed E-state index contributed by atoms with van der Waals surface area (Å²) in [5, 5.41) is 0. The second kappa shape index (κ2) is 4.12. The van der Waals surface area contributed by atoms with Crippen molar-refractivity contribution in [2.45, 2.75) is 26.7 Å². The van der Waals surface area contributed by atoms with E-state index in [1.165, 1.54) is 6.20 Å². The number of aromatic nitrogens is 2. The predicted octanol–water partition coefficient (Wildman–Crippen LogP) is 2.77. The third-order valence-corrected chi connectivity index (χ3v) is 1.65. The summed E-state index contributed by atoms with van der Waals surface area (Å²) in [6, 6.07) is 0. The molecule has 0 spiro atoms. The third-order valence-electron chi connectivity index (χ3n) is 1.65. The monoisotopic (exact) mass is 180 g/mol. The van der Waals surface area contributed by atoms with Crippen LogP contribution in [-0.4, -0.2) is 9.97 Å². The molecule has 0 atom stereocenters. The molecule has 1 aromatic rings. The minimum atomic E-state index is -0.330. The molecule has 0 fully saturated rings. The van der Waals surface area contributed by atoms with Crippen molar-refractivity contribution in [3.63, 3.8) is 0 Å². The summed E-state index contributed by atoms with van der Waals surface area (Å²) in [6.45, 7) is 5.69. The lowest BCUT2D eigenvalue weighted by molar-refractivity contribution is 0.575. The van der Waals surface area contributed by atoms with Crippen molar-refractivity contribution in [2.75, 3.05) is 0 Å². The van der Waals surface area contributed by atoms with E-state index in [1.54, 1.807) is 6.08 Å². The van der Waals surface area contributed by atoms with Crippen LogP contribution in [0.15, 0.2) is 12.3 Å². The zero-order valence-electron chi connectivity index (χ0n) is 8.08. The average molecular weight is 180 g/mol. The molecule has 3 heteroatoms. The molecule has 0 aliphatic heterocycles. The van der Waals surface area contributed by atoms with Gasteiger partial charge in [-0.1, -0.05) is 19.9 Å². The minimum absolute atomic E-state index is 0.0898. The standard InChI is InChI=1S/C10H13FN2/c1-4-5-9-12-6-8(11)10(13-9)7(2)3/h4-7H,1-3H3/b5-4+. The lowest BCUT2D eigenvalue weighted by Gasteiger charge is -2.05. The van der Waals surface area contributed by atoms with Gasteiger partial charge in [-0.15, -0.1) is 0 Å². The van der Waals surface area contributed by atoms with Crippen LogP contribution >= 0.6 is 0 Å². The highest BCUT2D eigenvalue weighted by molar-refractivity contribution is 5.39. The predicted molar refractivity (Wildman–Crippen MR) is 50.8 cm³/mol. The Labute approximate surface area is 77.5 Å². The molecule has 2 nitrogen and oxygen atoms in total. The molecular formula is C10H13FN2. The van der Waals surface area contributed by atoms with Crippen molar-refractivity contribution < 1.29 is 4.39 Å². The fourth-order valence-electron chi connectivity index (χ4n) is 1.03. The Morgan fingerprint density at radius 1 is 1.46 bits per heavy atom. The second-order valence-electron chi connectivity index (χ2n) is 3.12. The molecule has 0 radical (unpaired) electrons. The SMILES string of the molecule is C/C=C/c1ncc(F)c(C(C)C)n1. The quantitative estimate of drug-likeness (QED) is 0.699. The van der Waals surface area contributed by atoms with Crippen molar-refractivity contribution in [1.82, 2.24) is 9.97 Å². The Kier molecular flexibility index (Phi) is 3.12. The van der Waals surface area contributed by atoms with E-state index in [-0.39, 0.29) is 11.7 Å². The van der Waals surface area contributed by atoms with Crippen LogP contribution in [0.3, 0.4) is 0 Å². The molecular weight excluding hydrogens is 167 g/mol. The van der Waals surface area contributed by atoms with E-state index >= 15 is 0 Å². The van der Waals surface area contributed by atoms with E-state index in [2.05, 4.69) is 9.97 Å². The van der Waals surface area contributed by atoms with E-state index in [0.29, 0.717) is 11.5 Å². The van der Waals surface area contributed by atoms with Crippen LogP contribution in [0.4, 0.5) is 4.39 Å². The third kappa shape index (κ3) is 2.34. The van der Waals surface area contributed by atoms with Gasteiger partial charge in [0.1, 0.15) is 0 Å². The van der Waals surface area contributed by atoms with Crippen molar-refractivity contribution in [1.29, 1.82) is 0 Å². The molecule has 1 aromatic heterocycles. The Hall–Kier alpha value is -1.25. The van der Waals surface area contributed by atoms with E-state index in [9.17, 15) is 4.39 Å². The van der Waals surface area contributed by atoms with Crippen LogP contribution in [0, 0.1) is 5.82 Å². The van der Waals surface area contributed by atoms with Gasteiger partial charge in [0.15, 0.2) is 11.6 Å². The fourth-order valence-corrected chi connectivity index (χ4v) is 1.03. The summed E-state index contributed by atoms with van der Waals surface area (Å²) in [4.78, 5) is 7.93. The van der Waals surface area contributed by atoms with E-state index in [0.717, 1.165) is 0 Å². The molecule has 0 aromatic carbocycles. The first kappa shape index (κ1) is 9.84. The Bertz CT molecular complexity index is 319. The number of hydrogen-bond acceptors (Lipinski definition) is 2. The molecule has 0 bridgehead atoms. The molecule has 0 aliphatic carbocycles. The molecule has 0 aliphatic rings. The zero-order valence-corrected chi connectivity index (χ0v) is 8.08. The van der Waals surface area contributed by atoms with E-state index < -0.39 is 0 Å². The van der Waals surface area contributed by atoms with Gasteiger partial charge in [0.05, 0.1) is 11.9 Å². The smallest absolute Gasteiger partial charge is 0.163 e. The van der Waals surface area contributed by atoms with Gasteiger partial charge in [-0.05, 0) is 18.9 Å². The van der Waals surface area contributed by atoms with Gasteiger partial charge in [0, 0.05) is 0 Å². The minimum Gasteiger partial charge on any atom is -0.234 e. The summed E-state index contributed by atoms with van der Waals surface area (Å²) in [5.41, 5.74) is 0.475. The lowest BCUT2D eigenvalue weighted by Crippen LogP contribution is -2.01. The van der Waals surface area contributed by atoms with Crippen LogP contribution < -0.4 is 0 Å². The van der Waals surface area contributed by atoms with Gasteiger partial charge in [-0.2, -0.15) is 0 Å². The maximum atomic E-state index is 13.1. The van der Waals surface area contributed by atoms with Gasteiger partial charge in [-0.25, -0.2) is 14.4 Å². The lowest BCUT2D eigenvalue weighted by atomic mass is 10.1. The molecule has 13 heavy (non-hydrogen) atoms. The number of rotatable bonds is 2. The molecule has 0 saturated heterocycles. The van der Waals surface area contributed by atoms with Crippen molar-refractivity contribution in [3.8, 4) is 0 Å². The van der Waals surface area contributed by atoms with Crippen molar-refractivity contribution >= 4 is 6.08 Å². The molecule has 1 rings (SSSR count). The van der Waals surface area contributed by atoms with Gasteiger partial charge in [0.2, 0.25) is 0 Å². The Morgan fingerprint density at radius 3 is 2.69 bits per heavy atom. The summed E-state index contributed by atoms with van der Waals surface area (Å²) >= 11 is 0. The molecule has 0 unspecified atom stereocenters. The maximum Gasteiger partial charge on any atom is 0.163 e. The highest BCUT2D eigenvalue weighted by Gasteiger charge is 2.08. The highest BCUT2D eigenvalue weighted by atomic mass is 19.1. The molecule has 0 amide bonds. The fraction of sp³-hybridized carbons (Fsp3) is 0.400.